The minimum Gasteiger partial charge on any atom is -0.461 e. The average Bonchev–Trinajstić information content (AvgIpc) is 2.90. The largest absolute Gasteiger partial charge is 0.461 e. The molecular weight excluding hydrogens is 306 g/mol. The van der Waals surface area contributed by atoms with Gasteiger partial charge in [-0.2, -0.15) is 0 Å². The quantitative estimate of drug-likeness (QED) is 0.690. The fourth-order valence-corrected chi connectivity index (χ4v) is 3.72. The van der Waals surface area contributed by atoms with Gasteiger partial charge >= 0.3 is 5.97 Å². The third kappa shape index (κ3) is 3.01. The molecule has 21 heavy (non-hydrogen) atoms. The van der Waals surface area contributed by atoms with Crippen LogP contribution in [0.25, 0.3) is 0 Å². The molecule has 0 saturated carbocycles. The molecule has 0 aromatic heterocycles. The van der Waals surface area contributed by atoms with Crippen LogP contribution in [0.4, 0.5) is 5.69 Å². The van der Waals surface area contributed by atoms with E-state index in [1.807, 2.05) is 12.1 Å². The van der Waals surface area contributed by atoms with E-state index in [0.717, 1.165) is 6.42 Å². The van der Waals surface area contributed by atoms with Gasteiger partial charge in [-0.05, 0) is 30.2 Å². The van der Waals surface area contributed by atoms with Crippen molar-refractivity contribution in [3.05, 3.63) is 58.6 Å². The molecule has 1 atom stereocenters. The van der Waals surface area contributed by atoms with Crippen molar-refractivity contribution in [2.24, 2.45) is 0 Å². The van der Waals surface area contributed by atoms with Gasteiger partial charge in [0.05, 0.1) is 16.3 Å². The molecule has 5 heteroatoms. The topological polar surface area (TPSA) is 52.3 Å². The van der Waals surface area contributed by atoms with Crippen molar-refractivity contribution in [2.75, 3.05) is 12.3 Å². The predicted octanol–water partition coefficient (Wildman–Crippen LogP) is 3.80. The van der Waals surface area contributed by atoms with Crippen molar-refractivity contribution in [3.63, 3.8) is 0 Å². The van der Waals surface area contributed by atoms with Crippen LogP contribution in [0.2, 0.25) is 5.02 Å². The smallest absolute Gasteiger partial charge is 0.339 e. The van der Waals surface area contributed by atoms with Crippen LogP contribution in [0.15, 0.2) is 47.4 Å². The van der Waals surface area contributed by atoms with E-state index in [2.05, 4.69) is 12.1 Å². The first-order valence-corrected chi connectivity index (χ1v) is 7.86. The van der Waals surface area contributed by atoms with Gasteiger partial charge in [0.15, 0.2) is 0 Å². The average molecular weight is 320 g/mol. The summed E-state index contributed by atoms with van der Waals surface area (Å²) in [7, 11) is 0. The minimum atomic E-state index is -0.427. The van der Waals surface area contributed by atoms with Crippen LogP contribution in [0.1, 0.15) is 15.9 Å². The lowest BCUT2D eigenvalue weighted by atomic mass is 10.1. The lowest BCUT2D eigenvalue weighted by molar-refractivity contribution is 0.0507. The zero-order valence-electron chi connectivity index (χ0n) is 11.2. The zero-order valence-corrected chi connectivity index (χ0v) is 12.8. The first-order valence-electron chi connectivity index (χ1n) is 6.61. The maximum absolute atomic E-state index is 12.1. The Morgan fingerprint density at radius 3 is 2.90 bits per heavy atom. The summed E-state index contributed by atoms with van der Waals surface area (Å²) in [6.07, 6.45) is 0.915. The maximum Gasteiger partial charge on any atom is 0.339 e. The summed E-state index contributed by atoms with van der Waals surface area (Å²) in [5.74, 6) is -0.427. The highest BCUT2D eigenvalue weighted by Gasteiger charge is 2.24. The maximum atomic E-state index is 12.1. The first kappa shape index (κ1) is 14.3. The van der Waals surface area contributed by atoms with Crippen LogP contribution < -0.4 is 5.73 Å². The first-order chi connectivity index (χ1) is 10.1. The van der Waals surface area contributed by atoms with Gasteiger partial charge in [-0.3, -0.25) is 0 Å². The summed E-state index contributed by atoms with van der Waals surface area (Å²) < 4.78 is 5.38. The molecule has 2 aromatic rings. The Kier molecular flexibility index (Phi) is 4.08. The number of nitrogen functional groups attached to an aromatic ring is 1. The molecule has 0 radical (unpaired) electrons. The van der Waals surface area contributed by atoms with Gasteiger partial charge < -0.3 is 10.5 Å². The van der Waals surface area contributed by atoms with E-state index in [9.17, 15) is 4.79 Å². The molecule has 0 spiro atoms. The Bertz CT molecular complexity index is 665. The standard InChI is InChI=1S/C16H14ClNO2S/c17-15-12(5-3-6-13(15)18)16(19)20-9-11-8-10-4-1-2-7-14(10)21-11/h1-7,11H,8-9,18H2. The Labute approximate surface area is 132 Å². The highest BCUT2D eigenvalue weighted by molar-refractivity contribution is 8.00. The summed E-state index contributed by atoms with van der Waals surface area (Å²) in [4.78, 5) is 13.3. The van der Waals surface area contributed by atoms with E-state index < -0.39 is 5.97 Å². The van der Waals surface area contributed by atoms with Crippen LogP contribution in [0.3, 0.4) is 0 Å². The molecule has 3 rings (SSSR count). The number of anilines is 1. The summed E-state index contributed by atoms with van der Waals surface area (Å²) in [6, 6.07) is 13.2. The van der Waals surface area contributed by atoms with Crippen molar-refractivity contribution < 1.29 is 9.53 Å². The molecule has 3 nitrogen and oxygen atoms in total. The molecule has 2 aromatic carbocycles. The van der Waals surface area contributed by atoms with E-state index in [4.69, 9.17) is 22.1 Å². The summed E-state index contributed by atoms with van der Waals surface area (Å²) >= 11 is 7.77. The molecule has 0 aliphatic carbocycles. The SMILES string of the molecule is Nc1cccc(C(=O)OCC2Cc3ccccc3S2)c1Cl. The van der Waals surface area contributed by atoms with Gasteiger partial charge in [-0.25, -0.2) is 4.79 Å². The number of ether oxygens (including phenoxy) is 1. The molecule has 0 bridgehead atoms. The molecule has 108 valence electrons. The monoisotopic (exact) mass is 319 g/mol. The predicted molar refractivity (Wildman–Crippen MR) is 85.9 cm³/mol. The van der Waals surface area contributed by atoms with Gasteiger partial charge in [0, 0.05) is 10.1 Å². The molecule has 2 N–H and O–H groups in total. The van der Waals surface area contributed by atoms with E-state index >= 15 is 0 Å². The second kappa shape index (κ2) is 6.00. The number of hydrogen-bond acceptors (Lipinski definition) is 4. The van der Waals surface area contributed by atoms with Crippen molar-refractivity contribution in [3.8, 4) is 0 Å². The number of esters is 1. The Morgan fingerprint density at radius 1 is 1.29 bits per heavy atom. The number of halogens is 1. The lowest BCUT2D eigenvalue weighted by Gasteiger charge is -2.11. The number of carbonyl (C=O) groups excluding carboxylic acids is 1. The van der Waals surface area contributed by atoms with Gasteiger partial charge in [0.25, 0.3) is 0 Å². The fraction of sp³-hybridized carbons (Fsp3) is 0.188. The molecule has 1 aliphatic rings. The molecule has 1 heterocycles. The summed E-state index contributed by atoms with van der Waals surface area (Å²) in [5, 5.41) is 0.510. The van der Waals surface area contributed by atoms with Crippen molar-refractivity contribution in [1.29, 1.82) is 0 Å². The van der Waals surface area contributed by atoms with E-state index in [-0.39, 0.29) is 10.3 Å². The molecular formula is C16H14ClNO2S. The van der Waals surface area contributed by atoms with Crippen LogP contribution >= 0.6 is 23.4 Å². The van der Waals surface area contributed by atoms with Gasteiger partial charge in [-0.15, -0.1) is 11.8 Å². The number of rotatable bonds is 3. The fourth-order valence-electron chi connectivity index (χ4n) is 2.30. The van der Waals surface area contributed by atoms with E-state index in [1.54, 1.807) is 30.0 Å². The normalized spacial score (nSPS) is 16.5. The van der Waals surface area contributed by atoms with E-state index in [1.165, 1.54) is 10.5 Å². The lowest BCUT2D eigenvalue weighted by Crippen LogP contribution is -2.16. The van der Waals surface area contributed by atoms with Gasteiger partial charge in [-0.1, -0.05) is 35.9 Å². The van der Waals surface area contributed by atoms with Crippen LogP contribution in [-0.2, 0) is 11.2 Å². The second-order valence-electron chi connectivity index (χ2n) is 4.86. The number of thioether (sulfide) groups is 1. The van der Waals surface area contributed by atoms with Crippen LogP contribution in [-0.4, -0.2) is 17.8 Å². The number of benzene rings is 2. The second-order valence-corrected chi connectivity index (χ2v) is 6.58. The van der Waals surface area contributed by atoms with Crippen molar-refractivity contribution in [2.45, 2.75) is 16.6 Å². The highest BCUT2D eigenvalue weighted by Crippen LogP contribution is 2.37. The van der Waals surface area contributed by atoms with Crippen molar-refractivity contribution in [1.82, 2.24) is 0 Å². The molecule has 0 saturated heterocycles. The number of carbonyl (C=O) groups is 1. The van der Waals surface area contributed by atoms with Crippen LogP contribution in [0, 0.1) is 0 Å². The molecule has 0 amide bonds. The number of fused-ring (bicyclic) bond motifs is 1. The summed E-state index contributed by atoms with van der Waals surface area (Å²) in [5.41, 5.74) is 7.70. The highest BCUT2D eigenvalue weighted by atomic mass is 35.5. The van der Waals surface area contributed by atoms with Gasteiger partial charge in [0.2, 0.25) is 0 Å². The van der Waals surface area contributed by atoms with Gasteiger partial charge in [0.1, 0.15) is 6.61 Å². The van der Waals surface area contributed by atoms with Crippen LogP contribution in [0.5, 0.6) is 0 Å². The van der Waals surface area contributed by atoms with Crippen molar-refractivity contribution >= 4 is 35.0 Å². The Balaban J connectivity index is 1.62. The molecule has 1 unspecified atom stereocenters. The summed E-state index contributed by atoms with van der Waals surface area (Å²) in [6.45, 7) is 0.364. The Hall–Kier alpha value is -1.65. The number of hydrogen-bond donors (Lipinski definition) is 1. The van der Waals surface area contributed by atoms with E-state index in [0.29, 0.717) is 17.9 Å². The zero-order chi connectivity index (χ0) is 14.8. The third-order valence-corrected chi connectivity index (χ3v) is 5.07. The minimum absolute atomic E-state index is 0.255. The molecule has 0 fully saturated rings. The third-order valence-electron chi connectivity index (χ3n) is 3.36. The molecule has 1 aliphatic heterocycles. The number of nitrogens with two attached hydrogens (primary N) is 1. The Morgan fingerprint density at radius 2 is 2.10 bits per heavy atom.